The summed E-state index contributed by atoms with van der Waals surface area (Å²) >= 11 is 0. The van der Waals surface area contributed by atoms with E-state index in [-0.39, 0.29) is 10.8 Å². The number of amides is 1. The number of carbonyl (C=O) groups excluding carboxylic acids is 1. The Kier molecular flexibility index (Phi) is 12.2. The van der Waals surface area contributed by atoms with Crippen LogP contribution in [0.2, 0.25) is 0 Å². The van der Waals surface area contributed by atoms with Gasteiger partial charge in [0.15, 0.2) is 9.84 Å². The molecule has 210 valence electrons. The van der Waals surface area contributed by atoms with E-state index in [1.807, 2.05) is 24.3 Å². The van der Waals surface area contributed by atoms with Gasteiger partial charge < -0.3 is 10.4 Å². The molecule has 6 nitrogen and oxygen atoms in total. The molecule has 0 saturated carbocycles. The molecule has 2 N–H and O–H groups in total. The van der Waals surface area contributed by atoms with E-state index < -0.39 is 21.2 Å². The summed E-state index contributed by atoms with van der Waals surface area (Å²) in [7, 11) is -1.63. The average Bonchev–Trinajstić information content (AvgIpc) is 2.97. The van der Waals surface area contributed by atoms with Gasteiger partial charge in [0, 0.05) is 25.6 Å². The van der Waals surface area contributed by atoms with Crippen molar-refractivity contribution in [3.63, 3.8) is 0 Å². The maximum atomic E-state index is 13.4. The molecule has 1 amide bonds. The van der Waals surface area contributed by atoms with Crippen LogP contribution in [0.15, 0.2) is 95.9 Å². The second-order valence-electron chi connectivity index (χ2n) is 10.1. The molecular weight excluding hydrogens is 508 g/mol. The Balaban J connectivity index is 1.41. The zero-order chi connectivity index (χ0) is 28.1. The normalized spacial score (nSPS) is 14.1. The quantitative estimate of drug-likeness (QED) is 0.223. The van der Waals surface area contributed by atoms with Crippen LogP contribution in [0.4, 0.5) is 0 Å². The largest absolute Gasteiger partial charge is 0.387 e. The summed E-state index contributed by atoms with van der Waals surface area (Å²) in [4.78, 5) is 14.8. The molecule has 0 radical (unpaired) electrons. The Morgan fingerprint density at radius 2 is 1.38 bits per heavy atom. The van der Waals surface area contributed by atoms with Crippen LogP contribution in [0, 0.1) is 0 Å². The molecule has 0 aliphatic rings. The van der Waals surface area contributed by atoms with E-state index in [2.05, 4.69) is 36.3 Å². The number of benzene rings is 3. The molecule has 3 aromatic carbocycles. The highest BCUT2D eigenvalue weighted by Crippen LogP contribution is 2.31. The first-order chi connectivity index (χ1) is 18.8. The Bertz CT molecular complexity index is 1220. The molecule has 0 heterocycles. The molecular formula is C32H42N2O4S. The van der Waals surface area contributed by atoms with E-state index in [1.54, 1.807) is 54.6 Å². The third kappa shape index (κ3) is 9.31. The van der Waals surface area contributed by atoms with Gasteiger partial charge in [0.1, 0.15) is 0 Å². The molecule has 0 fully saturated rings. The number of hydrogen-bond donors (Lipinski definition) is 2. The highest BCUT2D eigenvalue weighted by molar-refractivity contribution is 7.92. The van der Waals surface area contributed by atoms with Gasteiger partial charge in [-0.2, -0.15) is 0 Å². The van der Waals surface area contributed by atoms with Gasteiger partial charge in [-0.25, -0.2) is 8.42 Å². The van der Waals surface area contributed by atoms with E-state index in [1.165, 1.54) is 5.56 Å². The van der Waals surface area contributed by atoms with Crippen molar-refractivity contribution >= 4 is 15.7 Å². The highest BCUT2D eigenvalue weighted by Gasteiger charge is 2.34. The molecule has 0 saturated heterocycles. The molecule has 3 rings (SSSR count). The lowest BCUT2D eigenvalue weighted by Gasteiger charge is -2.25. The van der Waals surface area contributed by atoms with Gasteiger partial charge >= 0.3 is 0 Å². The topological polar surface area (TPSA) is 86.7 Å². The molecule has 39 heavy (non-hydrogen) atoms. The zero-order valence-electron chi connectivity index (χ0n) is 23.1. The van der Waals surface area contributed by atoms with Crippen molar-refractivity contribution in [3.8, 4) is 0 Å². The van der Waals surface area contributed by atoms with Crippen LogP contribution >= 0.6 is 0 Å². The van der Waals surface area contributed by atoms with E-state index >= 15 is 0 Å². The average molecular weight is 551 g/mol. The lowest BCUT2D eigenvalue weighted by Crippen LogP contribution is -2.29. The van der Waals surface area contributed by atoms with Gasteiger partial charge in [0.05, 0.1) is 16.2 Å². The number of aliphatic hydroxyl groups is 1. The van der Waals surface area contributed by atoms with Gasteiger partial charge in [-0.05, 0) is 56.5 Å². The van der Waals surface area contributed by atoms with Crippen molar-refractivity contribution in [1.82, 2.24) is 10.2 Å². The van der Waals surface area contributed by atoms with Crippen LogP contribution in [0.5, 0.6) is 0 Å². The fraction of sp³-hybridized carbons (Fsp3) is 0.406. The summed E-state index contributed by atoms with van der Waals surface area (Å²) in [5.41, 5.74) is 1.87. The van der Waals surface area contributed by atoms with E-state index in [0.29, 0.717) is 50.3 Å². The number of sulfone groups is 1. The molecule has 0 aliphatic carbocycles. The third-order valence-corrected chi connectivity index (χ3v) is 9.53. The molecule has 2 unspecified atom stereocenters. The summed E-state index contributed by atoms with van der Waals surface area (Å²) in [5, 5.41) is 13.1. The monoisotopic (exact) mass is 550 g/mol. The summed E-state index contributed by atoms with van der Waals surface area (Å²) in [6.45, 7) is 3.70. The molecule has 0 aliphatic heterocycles. The number of hydrogen-bond acceptors (Lipinski definition) is 5. The van der Waals surface area contributed by atoms with Crippen molar-refractivity contribution in [2.75, 3.05) is 20.1 Å². The fourth-order valence-electron chi connectivity index (χ4n) is 4.76. The SMILES string of the molecule is C[C@H](c1ccccc1)N(C)CCCNC(=O)CCCCCC(C(O)c1ccccc1)S(=O)(=O)c1ccccc1. The van der Waals surface area contributed by atoms with E-state index in [0.717, 1.165) is 13.0 Å². The standard InChI is InChI=1S/C32H42N2O4S/c1-26(27-16-7-3-8-17-27)34(2)25-15-24-33-31(35)23-14-6-13-22-30(32(36)28-18-9-4-10-19-28)39(37,38)29-20-11-5-12-21-29/h3-5,7-12,16-21,26,30,32,36H,6,13-15,22-25H2,1-2H3,(H,33,35)/t26-,30?,32?/m1/s1. The van der Waals surface area contributed by atoms with Gasteiger partial charge in [-0.1, -0.05) is 91.7 Å². The van der Waals surface area contributed by atoms with Crippen LogP contribution in [0.25, 0.3) is 0 Å². The predicted molar refractivity (Wildman–Crippen MR) is 157 cm³/mol. The summed E-state index contributed by atoms with van der Waals surface area (Å²) in [6.07, 6.45) is 2.48. The lowest BCUT2D eigenvalue weighted by atomic mass is 10.0. The van der Waals surface area contributed by atoms with E-state index in [9.17, 15) is 18.3 Å². The molecule has 3 atom stereocenters. The van der Waals surface area contributed by atoms with Gasteiger partial charge in [-0.3, -0.25) is 9.69 Å². The number of carbonyl (C=O) groups is 1. The zero-order valence-corrected chi connectivity index (χ0v) is 23.9. The van der Waals surface area contributed by atoms with Crippen molar-refractivity contribution in [2.24, 2.45) is 0 Å². The number of aliphatic hydroxyl groups excluding tert-OH is 1. The van der Waals surface area contributed by atoms with Gasteiger partial charge in [0.2, 0.25) is 5.91 Å². The maximum absolute atomic E-state index is 13.4. The molecule has 7 heteroatoms. The smallest absolute Gasteiger partial charge is 0.219 e. The molecule has 0 spiro atoms. The molecule has 0 bridgehead atoms. The first-order valence-electron chi connectivity index (χ1n) is 13.8. The molecule has 0 aromatic heterocycles. The van der Waals surface area contributed by atoms with Gasteiger partial charge in [0.25, 0.3) is 0 Å². The third-order valence-electron chi connectivity index (χ3n) is 7.31. The number of rotatable bonds is 16. The summed E-state index contributed by atoms with van der Waals surface area (Å²) in [5.74, 6) is 0.0199. The first kappa shape index (κ1) is 30.5. The predicted octanol–water partition coefficient (Wildman–Crippen LogP) is 5.71. The Hall–Kier alpha value is -3.00. The lowest BCUT2D eigenvalue weighted by molar-refractivity contribution is -0.121. The van der Waals surface area contributed by atoms with Crippen LogP contribution in [-0.2, 0) is 14.6 Å². The molecule has 3 aromatic rings. The van der Waals surface area contributed by atoms with Crippen LogP contribution in [-0.4, -0.2) is 49.7 Å². The number of nitrogens with one attached hydrogen (secondary N) is 1. The first-order valence-corrected chi connectivity index (χ1v) is 15.4. The van der Waals surface area contributed by atoms with Crippen LogP contribution < -0.4 is 5.32 Å². The summed E-state index contributed by atoms with van der Waals surface area (Å²) in [6, 6.07) is 27.9. The van der Waals surface area contributed by atoms with Crippen molar-refractivity contribution < 1.29 is 18.3 Å². The summed E-state index contributed by atoms with van der Waals surface area (Å²) < 4.78 is 26.8. The second kappa shape index (κ2) is 15.6. The minimum Gasteiger partial charge on any atom is -0.387 e. The Morgan fingerprint density at radius 1 is 0.821 bits per heavy atom. The Morgan fingerprint density at radius 3 is 2.00 bits per heavy atom. The van der Waals surface area contributed by atoms with E-state index in [4.69, 9.17) is 0 Å². The van der Waals surface area contributed by atoms with Crippen LogP contribution in [0.1, 0.15) is 68.7 Å². The fourth-order valence-corrected chi connectivity index (χ4v) is 6.62. The Labute approximate surface area is 234 Å². The maximum Gasteiger partial charge on any atom is 0.219 e. The van der Waals surface area contributed by atoms with Crippen molar-refractivity contribution in [3.05, 3.63) is 102 Å². The number of unbranched alkanes of at least 4 members (excludes halogenated alkanes) is 2. The number of nitrogens with zero attached hydrogens (tertiary/aromatic N) is 1. The van der Waals surface area contributed by atoms with Crippen LogP contribution in [0.3, 0.4) is 0 Å². The minimum absolute atomic E-state index is 0.0199. The van der Waals surface area contributed by atoms with Crippen molar-refractivity contribution in [2.45, 2.75) is 67.7 Å². The van der Waals surface area contributed by atoms with Gasteiger partial charge in [-0.15, -0.1) is 0 Å². The highest BCUT2D eigenvalue weighted by atomic mass is 32.2. The minimum atomic E-state index is -3.73. The second-order valence-corrected chi connectivity index (χ2v) is 12.3. The van der Waals surface area contributed by atoms with Crippen molar-refractivity contribution in [1.29, 1.82) is 0 Å².